The maximum Gasteiger partial charge on any atom is 0.137 e. The monoisotopic (exact) mass is 617 g/mol. The van der Waals surface area contributed by atoms with Crippen molar-refractivity contribution in [3.63, 3.8) is 0 Å². The molecular formula is C44H27NOS. The van der Waals surface area contributed by atoms with E-state index in [2.05, 4.69) is 157 Å². The van der Waals surface area contributed by atoms with Crippen LogP contribution in [0, 0.1) is 0 Å². The zero-order chi connectivity index (χ0) is 30.9. The second-order valence-electron chi connectivity index (χ2n) is 12.1. The Morgan fingerprint density at radius 3 is 1.98 bits per heavy atom. The number of nitrogens with zero attached hydrogens (tertiary/aromatic N) is 1. The van der Waals surface area contributed by atoms with E-state index < -0.39 is 0 Å². The summed E-state index contributed by atoms with van der Waals surface area (Å²) in [5.41, 5.74) is 7.53. The molecule has 2 nitrogen and oxygen atoms in total. The lowest BCUT2D eigenvalue weighted by Gasteiger charge is -2.26. The highest BCUT2D eigenvalue weighted by molar-refractivity contribution is 7.26. The number of hydrogen-bond acceptors (Lipinski definition) is 3. The normalized spacial score (nSPS) is 11.8. The standard InChI is InChI=1S/C44H27NOS/c1-3-12-33-28(9-1)11-7-15-34(33)30-19-22-31(23-20-30)45(32-24-26-37-36-14-5-6-17-40(36)46-41(37)27-32)39-16-8-18-42-43(39)38-25-21-29-10-2-4-13-35(29)44(38)47-42/h1-27H. The van der Waals surface area contributed by atoms with E-state index in [4.69, 9.17) is 4.42 Å². The van der Waals surface area contributed by atoms with E-state index in [1.54, 1.807) is 0 Å². The Balaban J connectivity index is 1.21. The summed E-state index contributed by atoms with van der Waals surface area (Å²) in [7, 11) is 0. The van der Waals surface area contributed by atoms with Crippen LogP contribution in [-0.4, -0.2) is 0 Å². The van der Waals surface area contributed by atoms with Crippen molar-refractivity contribution in [1.29, 1.82) is 0 Å². The highest BCUT2D eigenvalue weighted by atomic mass is 32.1. The first-order chi connectivity index (χ1) is 23.3. The van der Waals surface area contributed by atoms with Crippen molar-refractivity contribution in [2.24, 2.45) is 0 Å². The first-order valence-electron chi connectivity index (χ1n) is 15.9. The van der Waals surface area contributed by atoms with Gasteiger partial charge in [-0.05, 0) is 75.1 Å². The summed E-state index contributed by atoms with van der Waals surface area (Å²) < 4.78 is 9.00. The molecule has 0 unspecified atom stereocenters. The van der Waals surface area contributed by atoms with Crippen LogP contribution in [0.1, 0.15) is 0 Å². The molecule has 10 rings (SSSR count). The summed E-state index contributed by atoms with van der Waals surface area (Å²) in [6, 6.07) is 59.0. The van der Waals surface area contributed by atoms with Crippen molar-refractivity contribution in [3.05, 3.63) is 164 Å². The summed E-state index contributed by atoms with van der Waals surface area (Å²) >= 11 is 1.87. The van der Waals surface area contributed by atoms with Gasteiger partial charge in [0.2, 0.25) is 0 Å². The van der Waals surface area contributed by atoms with Crippen molar-refractivity contribution in [2.45, 2.75) is 0 Å². The molecule has 0 saturated heterocycles. The summed E-state index contributed by atoms with van der Waals surface area (Å²) in [4.78, 5) is 2.39. The van der Waals surface area contributed by atoms with E-state index in [1.807, 2.05) is 23.5 Å². The van der Waals surface area contributed by atoms with Crippen molar-refractivity contribution in [3.8, 4) is 11.1 Å². The van der Waals surface area contributed by atoms with Crippen LogP contribution in [0.2, 0.25) is 0 Å². The van der Waals surface area contributed by atoms with Gasteiger partial charge in [-0.2, -0.15) is 0 Å². The molecule has 0 radical (unpaired) electrons. The molecule has 10 aromatic rings. The summed E-state index contributed by atoms with van der Waals surface area (Å²) in [5, 5.41) is 9.88. The fraction of sp³-hybridized carbons (Fsp3) is 0. The molecule has 0 amide bonds. The minimum absolute atomic E-state index is 0.884. The summed E-state index contributed by atoms with van der Waals surface area (Å²) in [6.45, 7) is 0. The van der Waals surface area contributed by atoms with E-state index in [9.17, 15) is 0 Å². The quantitative estimate of drug-likeness (QED) is 0.195. The fourth-order valence-electron chi connectivity index (χ4n) is 7.27. The number of furan rings is 1. The van der Waals surface area contributed by atoms with Crippen LogP contribution in [0.3, 0.4) is 0 Å². The van der Waals surface area contributed by atoms with E-state index in [-0.39, 0.29) is 0 Å². The minimum atomic E-state index is 0.884. The Morgan fingerprint density at radius 1 is 0.447 bits per heavy atom. The first-order valence-corrected chi connectivity index (χ1v) is 16.7. The van der Waals surface area contributed by atoms with Crippen molar-refractivity contribution in [1.82, 2.24) is 0 Å². The van der Waals surface area contributed by atoms with Gasteiger partial charge < -0.3 is 9.32 Å². The van der Waals surface area contributed by atoms with Gasteiger partial charge in [0.25, 0.3) is 0 Å². The molecule has 3 heteroatoms. The molecule has 0 N–H and O–H groups in total. The second kappa shape index (κ2) is 10.3. The predicted octanol–water partition coefficient (Wildman–Crippen LogP) is 13.4. The maximum atomic E-state index is 6.40. The summed E-state index contributed by atoms with van der Waals surface area (Å²) in [5.74, 6) is 0. The van der Waals surface area contributed by atoms with Crippen LogP contribution in [0.4, 0.5) is 17.1 Å². The van der Waals surface area contributed by atoms with Crippen molar-refractivity contribution < 1.29 is 4.42 Å². The largest absolute Gasteiger partial charge is 0.456 e. The lowest BCUT2D eigenvalue weighted by Crippen LogP contribution is -2.10. The van der Waals surface area contributed by atoms with E-state index in [0.717, 1.165) is 39.0 Å². The first kappa shape index (κ1) is 26.3. The molecule has 0 spiro atoms. The molecule has 8 aromatic carbocycles. The van der Waals surface area contributed by atoms with Gasteiger partial charge in [0.15, 0.2) is 0 Å². The highest BCUT2D eigenvalue weighted by Crippen LogP contribution is 2.47. The lowest BCUT2D eigenvalue weighted by atomic mass is 9.98. The third-order valence-electron chi connectivity index (χ3n) is 9.45. The SMILES string of the molecule is c1ccc2c(-c3ccc(N(c4ccc5c(c4)oc4ccccc45)c4cccc5sc6c7ccccc7ccc6c45)cc3)cccc2c1. The fourth-order valence-corrected chi connectivity index (χ4v) is 8.53. The van der Waals surface area contributed by atoms with Crippen molar-refractivity contribution >= 4 is 92.1 Å². The van der Waals surface area contributed by atoms with Gasteiger partial charge in [-0.1, -0.05) is 115 Å². The highest BCUT2D eigenvalue weighted by Gasteiger charge is 2.21. The number of benzene rings is 8. The second-order valence-corrected chi connectivity index (χ2v) is 13.2. The average molecular weight is 618 g/mol. The molecule has 0 aliphatic carbocycles. The smallest absolute Gasteiger partial charge is 0.137 e. The zero-order valence-electron chi connectivity index (χ0n) is 25.4. The molecule has 0 saturated carbocycles. The molecule has 0 aliphatic heterocycles. The lowest BCUT2D eigenvalue weighted by molar-refractivity contribution is 0.669. The number of para-hydroxylation sites is 1. The van der Waals surface area contributed by atoms with Crippen LogP contribution in [0.25, 0.3) is 74.8 Å². The van der Waals surface area contributed by atoms with Crippen LogP contribution in [0.15, 0.2) is 168 Å². The topological polar surface area (TPSA) is 16.4 Å². The number of anilines is 3. The maximum absolute atomic E-state index is 6.40. The van der Waals surface area contributed by atoms with E-state index in [1.165, 1.54) is 52.8 Å². The molecule has 0 fully saturated rings. The Morgan fingerprint density at radius 2 is 1.11 bits per heavy atom. The molecular weight excluding hydrogens is 591 g/mol. The number of thiophene rings is 1. The third kappa shape index (κ3) is 4.10. The molecule has 0 atom stereocenters. The Kier molecular flexibility index (Phi) is 5.78. The molecule has 0 bridgehead atoms. The van der Waals surface area contributed by atoms with E-state index in [0.29, 0.717) is 0 Å². The van der Waals surface area contributed by atoms with Crippen LogP contribution in [-0.2, 0) is 0 Å². The van der Waals surface area contributed by atoms with Crippen LogP contribution < -0.4 is 4.90 Å². The minimum Gasteiger partial charge on any atom is -0.456 e. The molecule has 2 heterocycles. The van der Waals surface area contributed by atoms with E-state index >= 15 is 0 Å². The number of rotatable bonds is 4. The molecule has 220 valence electrons. The van der Waals surface area contributed by atoms with Crippen LogP contribution in [0.5, 0.6) is 0 Å². The number of fused-ring (bicyclic) bond motifs is 9. The van der Waals surface area contributed by atoms with Crippen molar-refractivity contribution in [2.75, 3.05) is 4.90 Å². The predicted molar refractivity (Wildman–Crippen MR) is 202 cm³/mol. The molecule has 0 aliphatic rings. The Hall–Kier alpha value is -5.90. The third-order valence-corrected chi connectivity index (χ3v) is 10.7. The Labute approximate surface area is 275 Å². The summed E-state index contributed by atoms with van der Waals surface area (Å²) in [6.07, 6.45) is 0. The van der Waals surface area contributed by atoms with Crippen LogP contribution >= 0.6 is 11.3 Å². The molecule has 2 aromatic heterocycles. The van der Waals surface area contributed by atoms with Gasteiger partial charge in [-0.15, -0.1) is 11.3 Å². The molecule has 47 heavy (non-hydrogen) atoms. The number of hydrogen-bond donors (Lipinski definition) is 0. The zero-order valence-corrected chi connectivity index (χ0v) is 26.2. The van der Waals surface area contributed by atoms with Gasteiger partial charge >= 0.3 is 0 Å². The van der Waals surface area contributed by atoms with Gasteiger partial charge in [-0.25, -0.2) is 0 Å². The van der Waals surface area contributed by atoms with Gasteiger partial charge in [-0.3, -0.25) is 0 Å². The van der Waals surface area contributed by atoms with Gasteiger partial charge in [0.05, 0.1) is 5.69 Å². The Bertz CT molecular complexity index is 2800. The average Bonchev–Trinajstić information content (AvgIpc) is 3.71. The van der Waals surface area contributed by atoms with Gasteiger partial charge in [0.1, 0.15) is 11.2 Å². The van der Waals surface area contributed by atoms with Gasteiger partial charge in [0, 0.05) is 48.4 Å².